The first-order valence-corrected chi connectivity index (χ1v) is 5.30. The maximum atomic E-state index is 8.91. The second-order valence-electron chi connectivity index (χ2n) is 3.79. The number of benzene rings is 1. The fourth-order valence-electron chi connectivity index (χ4n) is 1.43. The summed E-state index contributed by atoms with van der Waals surface area (Å²) in [6.07, 6.45) is -0.434. The van der Waals surface area contributed by atoms with Crippen LogP contribution in [0.1, 0.15) is 43.9 Å². The first-order chi connectivity index (χ1) is 7.19. The van der Waals surface area contributed by atoms with E-state index in [2.05, 4.69) is 32.0 Å². The Hall–Kier alpha value is -1.33. The van der Waals surface area contributed by atoms with Crippen LogP contribution in [0.25, 0.3) is 0 Å². The minimum absolute atomic E-state index is 0.434. The maximum absolute atomic E-state index is 8.91. The van der Waals surface area contributed by atoms with Gasteiger partial charge in [0.25, 0.3) is 0 Å². The van der Waals surface area contributed by atoms with Gasteiger partial charge in [0.05, 0.1) is 6.07 Å². The predicted molar refractivity (Wildman–Crippen MR) is 60.5 cm³/mol. The topological polar surface area (TPSA) is 33.0 Å². The normalized spacial score (nSPS) is 12.5. The Balaban J connectivity index is 2.83. The Kier molecular flexibility index (Phi) is 4.33. The summed E-state index contributed by atoms with van der Waals surface area (Å²) in [7, 11) is 0. The van der Waals surface area contributed by atoms with Crippen molar-refractivity contribution in [3.05, 3.63) is 35.4 Å². The molecule has 0 fully saturated rings. The third-order valence-corrected chi connectivity index (χ3v) is 2.36. The van der Waals surface area contributed by atoms with E-state index >= 15 is 0 Å². The van der Waals surface area contributed by atoms with Crippen molar-refractivity contribution in [1.29, 1.82) is 5.26 Å². The van der Waals surface area contributed by atoms with Crippen molar-refractivity contribution in [2.75, 3.05) is 6.61 Å². The number of hydrogen-bond donors (Lipinski definition) is 0. The molecule has 1 unspecified atom stereocenters. The van der Waals surface area contributed by atoms with Gasteiger partial charge in [-0.3, -0.25) is 0 Å². The molecule has 1 atom stereocenters. The molecular formula is C13H17NO. The molecule has 80 valence electrons. The van der Waals surface area contributed by atoms with Gasteiger partial charge in [0.2, 0.25) is 0 Å². The molecule has 0 aromatic heterocycles. The van der Waals surface area contributed by atoms with Crippen LogP contribution in [0, 0.1) is 11.3 Å². The fraction of sp³-hybridized carbons (Fsp3) is 0.462. The van der Waals surface area contributed by atoms with Gasteiger partial charge >= 0.3 is 0 Å². The van der Waals surface area contributed by atoms with E-state index in [-0.39, 0.29) is 0 Å². The summed E-state index contributed by atoms with van der Waals surface area (Å²) in [6.45, 7) is 6.76. The van der Waals surface area contributed by atoms with Gasteiger partial charge in [-0.1, -0.05) is 38.1 Å². The van der Waals surface area contributed by atoms with Gasteiger partial charge in [-0.25, -0.2) is 0 Å². The molecule has 0 radical (unpaired) electrons. The molecule has 0 spiro atoms. The molecule has 1 aromatic carbocycles. The predicted octanol–water partition coefficient (Wildman–Crippen LogP) is 3.41. The van der Waals surface area contributed by atoms with Gasteiger partial charge < -0.3 is 4.74 Å². The van der Waals surface area contributed by atoms with E-state index in [0.29, 0.717) is 12.5 Å². The van der Waals surface area contributed by atoms with E-state index in [1.54, 1.807) is 0 Å². The van der Waals surface area contributed by atoms with Gasteiger partial charge in [0.1, 0.15) is 0 Å². The standard InChI is InChI=1S/C13H17NO/c1-4-15-13(9-14)12-7-5-11(6-8-12)10(2)3/h5-8,10,13H,4H2,1-3H3. The molecule has 0 bridgehead atoms. The Morgan fingerprint density at radius 1 is 1.20 bits per heavy atom. The largest absolute Gasteiger partial charge is 0.359 e. The average Bonchev–Trinajstić information content (AvgIpc) is 2.26. The fourth-order valence-corrected chi connectivity index (χ4v) is 1.43. The second-order valence-corrected chi connectivity index (χ2v) is 3.79. The lowest BCUT2D eigenvalue weighted by Crippen LogP contribution is -2.01. The molecule has 0 N–H and O–H groups in total. The summed E-state index contributed by atoms with van der Waals surface area (Å²) in [5.74, 6) is 0.520. The van der Waals surface area contributed by atoms with Gasteiger partial charge in [0, 0.05) is 6.61 Å². The lowest BCUT2D eigenvalue weighted by molar-refractivity contribution is 0.102. The third kappa shape index (κ3) is 3.07. The molecule has 0 aliphatic heterocycles. The average molecular weight is 203 g/mol. The highest BCUT2D eigenvalue weighted by Gasteiger charge is 2.09. The van der Waals surface area contributed by atoms with E-state index in [0.717, 1.165) is 5.56 Å². The van der Waals surface area contributed by atoms with Crippen LogP contribution in [-0.2, 0) is 4.74 Å². The highest BCUT2D eigenvalue weighted by atomic mass is 16.5. The first-order valence-electron chi connectivity index (χ1n) is 5.30. The van der Waals surface area contributed by atoms with Crippen molar-refractivity contribution in [2.24, 2.45) is 0 Å². The number of rotatable bonds is 4. The molecule has 2 nitrogen and oxygen atoms in total. The van der Waals surface area contributed by atoms with Crippen molar-refractivity contribution in [1.82, 2.24) is 0 Å². The van der Waals surface area contributed by atoms with Crippen LogP contribution in [0.3, 0.4) is 0 Å². The van der Waals surface area contributed by atoms with Crippen LogP contribution in [0.15, 0.2) is 24.3 Å². The van der Waals surface area contributed by atoms with Crippen LogP contribution in [0.4, 0.5) is 0 Å². The van der Waals surface area contributed by atoms with Crippen molar-refractivity contribution in [3.8, 4) is 6.07 Å². The second kappa shape index (κ2) is 5.53. The van der Waals surface area contributed by atoms with E-state index in [1.165, 1.54) is 5.56 Å². The molecule has 0 saturated carbocycles. The van der Waals surface area contributed by atoms with E-state index < -0.39 is 6.10 Å². The Morgan fingerprint density at radius 3 is 2.13 bits per heavy atom. The minimum atomic E-state index is -0.434. The minimum Gasteiger partial charge on any atom is -0.359 e. The molecule has 0 aliphatic carbocycles. The molecule has 0 amide bonds. The number of nitrogens with zero attached hydrogens (tertiary/aromatic N) is 1. The smallest absolute Gasteiger partial charge is 0.169 e. The van der Waals surface area contributed by atoms with Crippen LogP contribution < -0.4 is 0 Å². The van der Waals surface area contributed by atoms with Crippen LogP contribution in [0.5, 0.6) is 0 Å². The summed E-state index contributed by atoms with van der Waals surface area (Å²) < 4.78 is 5.32. The molecule has 1 rings (SSSR count). The Morgan fingerprint density at radius 2 is 1.73 bits per heavy atom. The molecule has 0 heterocycles. The van der Waals surface area contributed by atoms with Crippen LogP contribution >= 0.6 is 0 Å². The SMILES string of the molecule is CCOC(C#N)c1ccc(C(C)C)cc1. The zero-order valence-electron chi connectivity index (χ0n) is 9.53. The molecule has 0 aliphatic rings. The number of hydrogen-bond acceptors (Lipinski definition) is 2. The molecule has 1 aromatic rings. The molecular weight excluding hydrogens is 186 g/mol. The summed E-state index contributed by atoms with van der Waals surface area (Å²) in [6, 6.07) is 10.2. The monoisotopic (exact) mass is 203 g/mol. The Labute approximate surface area is 91.5 Å². The zero-order valence-corrected chi connectivity index (χ0v) is 9.53. The van der Waals surface area contributed by atoms with Crippen molar-refractivity contribution in [2.45, 2.75) is 32.8 Å². The lowest BCUT2D eigenvalue weighted by Gasteiger charge is -2.11. The van der Waals surface area contributed by atoms with Crippen molar-refractivity contribution >= 4 is 0 Å². The van der Waals surface area contributed by atoms with Crippen LogP contribution in [0.2, 0.25) is 0 Å². The number of nitriles is 1. The van der Waals surface area contributed by atoms with Gasteiger partial charge in [-0.05, 0) is 24.0 Å². The highest BCUT2D eigenvalue weighted by molar-refractivity contribution is 5.28. The van der Waals surface area contributed by atoms with E-state index in [4.69, 9.17) is 10.00 Å². The zero-order chi connectivity index (χ0) is 11.3. The van der Waals surface area contributed by atoms with Gasteiger partial charge in [0.15, 0.2) is 6.10 Å². The van der Waals surface area contributed by atoms with E-state index in [9.17, 15) is 0 Å². The Bertz CT molecular complexity index is 335. The molecule has 15 heavy (non-hydrogen) atoms. The van der Waals surface area contributed by atoms with Crippen molar-refractivity contribution in [3.63, 3.8) is 0 Å². The van der Waals surface area contributed by atoms with E-state index in [1.807, 2.05) is 19.1 Å². The first kappa shape index (κ1) is 11.7. The summed E-state index contributed by atoms with van der Waals surface area (Å²) in [5, 5.41) is 8.91. The van der Waals surface area contributed by atoms with Crippen LogP contribution in [-0.4, -0.2) is 6.61 Å². The number of ether oxygens (including phenoxy) is 1. The lowest BCUT2D eigenvalue weighted by atomic mass is 10.0. The summed E-state index contributed by atoms with van der Waals surface area (Å²) >= 11 is 0. The third-order valence-electron chi connectivity index (χ3n) is 2.36. The van der Waals surface area contributed by atoms with Crippen molar-refractivity contribution < 1.29 is 4.74 Å². The van der Waals surface area contributed by atoms with Gasteiger partial charge in [-0.15, -0.1) is 0 Å². The molecule has 2 heteroatoms. The van der Waals surface area contributed by atoms with Gasteiger partial charge in [-0.2, -0.15) is 5.26 Å². The summed E-state index contributed by atoms with van der Waals surface area (Å²) in [4.78, 5) is 0. The highest BCUT2D eigenvalue weighted by Crippen LogP contribution is 2.20. The summed E-state index contributed by atoms with van der Waals surface area (Å²) in [5.41, 5.74) is 2.22. The molecule has 0 saturated heterocycles. The quantitative estimate of drug-likeness (QED) is 0.751. The maximum Gasteiger partial charge on any atom is 0.169 e.